The maximum absolute atomic E-state index is 12.0. The van der Waals surface area contributed by atoms with Crippen molar-refractivity contribution in [3.05, 3.63) is 0 Å². The van der Waals surface area contributed by atoms with Gasteiger partial charge in [0.05, 0.1) is 12.7 Å². The predicted octanol–water partition coefficient (Wildman–Crippen LogP) is 2.28. The predicted molar refractivity (Wildman–Crippen MR) is 77.6 cm³/mol. The van der Waals surface area contributed by atoms with Gasteiger partial charge in [0.2, 0.25) is 0 Å². The smallest absolute Gasteiger partial charge is 0.410 e. The Bertz CT molecular complexity index is 297. The van der Waals surface area contributed by atoms with E-state index in [1.807, 2.05) is 34.6 Å². The van der Waals surface area contributed by atoms with Crippen molar-refractivity contribution in [3.63, 3.8) is 0 Å². The molecule has 3 atom stereocenters. The number of ether oxygens (including phenoxy) is 2. The lowest BCUT2D eigenvalue weighted by Gasteiger charge is -2.39. The molecule has 2 aliphatic rings. The Balaban J connectivity index is 0.000000956. The Morgan fingerprint density at radius 3 is 2.45 bits per heavy atom. The zero-order valence-electron chi connectivity index (χ0n) is 13.4. The SMILES string of the molecule is CC.CC(C)(C)OC(=O)N1CC2CCOCC(C1)C2O. The summed E-state index contributed by atoms with van der Waals surface area (Å²) in [6, 6.07) is 0. The molecule has 0 spiro atoms. The summed E-state index contributed by atoms with van der Waals surface area (Å²) < 4.78 is 10.9. The molecule has 1 N–H and O–H groups in total. The lowest BCUT2D eigenvalue weighted by molar-refractivity contribution is -0.0385. The summed E-state index contributed by atoms with van der Waals surface area (Å²) in [4.78, 5) is 13.8. The number of piperidine rings is 1. The number of carbonyl (C=O) groups is 1. The standard InChI is InChI=1S/C13H23NO4.C2H6/c1-13(2,3)18-12(16)14-6-9-4-5-17-8-10(7-14)11(9)15;1-2/h9-11,15H,4-8H2,1-3H3;1-2H3. The highest BCUT2D eigenvalue weighted by atomic mass is 16.6. The van der Waals surface area contributed by atoms with E-state index >= 15 is 0 Å². The van der Waals surface area contributed by atoms with Gasteiger partial charge in [-0.2, -0.15) is 0 Å². The first-order valence-electron chi connectivity index (χ1n) is 7.60. The molecular weight excluding hydrogens is 258 g/mol. The van der Waals surface area contributed by atoms with Crippen LogP contribution in [0.5, 0.6) is 0 Å². The van der Waals surface area contributed by atoms with Crippen molar-refractivity contribution in [2.75, 3.05) is 26.3 Å². The molecule has 118 valence electrons. The molecule has 0 aromatic carbocycles. The van der Waals surface area contributed by atoms with E-state index in [-0.39, 0.29) is 24.0 Å². The van der Waals surface area contributed by atoms with Crippen molar-refractivity contribution in [1.82, 2.24) is 4.90 Å². The maximum Gasteiger partial charge on any atom is 0.410 e. The van der Waals surface area contributed by atoms with Gasteiger partial charge in [-0.25, -0.2) is 4.79 Å². The van der Waals surface area contributed by atoms with Gasteiger partial charge < -0.3 is 19.5 Å². The molecule has 2 saturated heterocycles. The van der Waals surface area contributed by atoms with Gasteiger partial charge in [0, 0.05) is 31.5 Å². The minimum absolute atomic E-state index is 0.0127. The minimum Gasteiger partial charge on any atom is -0.444 e. The number of likely N-dealkylation sites (tertiary alicyclic amines) is 1. The van der Waals surface area contributed by atoms with Gasteiger partial charge in [-0.05, 0) is 27.2 Å². The molecule has 2 heterocycles. The topological polar surface area (TPSA) is 59.0 Å². The van der Waals surface area contributed by atoms with Gasteiger partial charge in [0.15, 0.2) is 0 Å². The van der Waals surface area contributed by atoms with Gasteiger partial charge in [0.25, 0.3) is 0 Å². The van der Waals surface area contributed by atoms with Crippen LogP contribution in [0.2, 0.25) is 0 Å². The summed E-state index contributed by atoms with van der Waals surface area (Å²) >= 11 is 0. The third-order valence-corrected chi connectivity index (χ3v) is 3.49. The molecule has 0 aliphatic carbocycles. The van der Waals surface area contributed by atoms with Gasteiger partial charge in [-0.15, -0.1) is 0 Å². The molecule has 0 saturated carbocycles. The molecule has 0 aromatic rings. The second-order valence-electron chi connectivity index (χ2n) is 6.26. The number of fused-ring (bicyclic) bond motifs is 2. The van der Waals surface area contributed by atoms with Crippen molar-refractivity contribution in [3.8, 4) is 0 Å². The van der Waals surface area contributed by atoms with Crippen LogP contribution in [0.4, 0.5) is 4.79 Å². The van der Waals surface area contributed by atoms with Crippen molar-refractivity contribution < 1.29 is 19.4 Å². The quantitative estimate of drug-likeness (QED) is 0.742. The van der Waals surface area contributed by atoms with Crippen LogP contribution < -0.4 is 0 Å². The number of carbonyl (C=O) groups excluding carboxylic acids is 1. The number of aliphatic hydroxyl groups is 1. The van der Waals surface area contributed by atoms with E-state index in [1.54, 1.807) is 4.90 Å². The lowest BCUT2D eigenvalue weighted by Crippen LogP contribution is -2.52. The second-order valence-corrected chi connectivity index (χ2v) is 6.26. The molecule has 3 unspecified atom stereocenters. The number of hydrogen-bond acceptors (Lipinski definition) is 4. The highest BCUT2D eigenvalue weighted by Crippen LogP contribution is 2.29. The second kappa shape index (κ2) is 7.27. The van der Waals surface area contributed by atoms with Crippen LogP contribution in [0.3, 0.4) is 0 Å². The van der Waals surface area contributed by atoms with E-state index in [2.05, 4.69) is 0 Å². The monoisotopic (exact) mass is 287 g/mol. The summed E-state index contributed by atoms with van der Waals surface area (Å²) in [5.41, 5.74) is -0.477. The summed E-state index contributed by atoms with van der Waals surface area (Å²) in [5.74, 6) is 0.123. The van der Waals surface area contributed by atoms with E-state index in [9.17, 15) is 9.90 Å². The van der Waals surface area contributed by atoms with Crippen LogP contribution in [-0.2, 0) is 9.47 Å². The van der Waals surface area contributed by atoms with Gasteiger partial charge in [-0.1, -0.05) is 13.8 Å². The average Bonchev–Trinajstić information content (AvgIpc) is 2.49. The molecule has 20 heavy (non-hydrogen) atoms. The largest absolute Gasteiger partial charge is 0.444 e. The van der Waals surface area contributed by atoms with Gasteiger partial charge in [-0.3, -0.25) is 0 Å². The van der Waals surface area contributed by atoms with Crippen LogP contribution in [0.1, 0.15) is 41.0 Å². The van der Waals surface area contributed by atoms with Crippen LogP contribution in [0.15, 0.2) is 0 Å². The van der Waals surface area contributed by atoms with E-state index in [0.717, 1.165) is 6.42 Å². The summed E-state index contributed by atoms with van der Waals surface area (Å²) in [5, 5.41) is 10.1. The van der Waals surface area contributed by atoms with E-state index in [1.165, 1.54) is 0 Å². The van der Waals surface area contributed by atoms with Gasteiger partial charge >= 0.3 is 6.09 Å². The Morgan fingerprint density at radius 2 is 1.85 bits per heavy atom. The number of aliphatic hydroxyl groups excluding tert-OH is 1. The number of nitrogens with zero attached hydrogens (tertiary/aromatic N) is 1. The van der Waals surface area contributed by atoms with E-state index < -0.39 is 5.60 Å². The third-order valence-electron chi connectivity index (χ3n) is 3.49. The van der Waals surface area contributed by atoms with E-state index in [0.29, 0.717) is 26.3 Å². The highest BCUT2D eigenvalue weighted by molar-refractivity contribution is 5.68. The zero-order chi connectivity index (χ0) is 15.3. The number of rotatable bonds is 0. The average molecular weight is 287 g/mol. The number of amides is 1. The van der Waals surface area contributed by atoms with Crippen LogP contribution in [-0.4, -0.2) is 54.1 Å². The Kier molecular flexibility index (Phi) is 6.27. The first kappa shape index (κ1) is 17.2. The Hall–Kier alpha value is -0.810. The van der Waals surface area contributed by atoms with Crippen LogP contribution in [0, 0.1) is 11.8 Å². The normalized spacial score (nSPS) is 29.9. The minimum atomic E-state index is -0.477. The summed E-state index contributed by atoms with van der Waals surface area (Å²) in [6.45, 7) is 11.9. The van der Waals surface area contributed by atoms with Crippen LogP contribution in [0.25, 0.3) is 0 Å². The summed E-state index contributed by atoms with van der Waals surface area (Å²) in [6.07, 6.45) is 0.161. The molecule has 2 bridgehead atoms. The lowest BCUT2D eigenvalue weighted by atomic mass is 9.85. The molecule has 0 radical (unpaired) electrons. The summed E-state index contributed by atoms with van der Waals surface area (Å²) in [7, 11) is 0. The highest BCUT2D eigenvalue weighted by Gasteiger charge is 2.40. The maximum atomic E-state index is 12.0. The fourth-order valence-electron chi connectivity index (χ4n) is 2.60. The Labute approximate surface area is 122 Å². The number of hydrogen-bond donors (Lipinski definition) is 1. The van der Waals surface area contributed by atoms with Crippen molar-refractivity contribution in [1.29, 1.82) is 0 Å². The third kappa shape index (κ3) is 4.63. The molecule has 1 amide bonds. The first-order chi connectivity index (χ1) is 9.37. The van der Waals surface area contributed by atoms with Gasteiger partial charge in [0.1, 0.15) is 5.60 Å². The van der Waals surface area contributed by atoms with Crippen molar-refractivity contribution in [2.45, 2.75) is 52.7 Å². The fraction of sp³-hybridized carbons (Fsp3) is 0.933. The van der Waals surface area contributed by atoms with E-state index in [4.69, 9.17) is 9.47 Å². The molecule has 2 rings (SSSR count). The first-order valence-corrected chi connectivity index (χ1v) is 7.60. The molecule has 2 aliphatic heterocycles. The van der Waals surface area contributed by atoms with Crippen molar-refractivity contribution in [2.24, 2.45) is 11.8 Å². The zero-order valence-corrected chi connectivity index (χ0v) is 13.4. The molecule has 5 heteroatoms. The fourth-order valence-corrected chi connectivity index (χ4v) is 2.60. The molecule has 5 nitrogen and oxygen atoms in total. The molecular formula is C15H29NO4. The molecule has 2 fully saturated rings. The molecule has 0 aromatic heterocycles. The van der Waals surface area contributed by atoms with Crippen molar-refractivity contribution >= 4 is 6.09 Å². The Morgan fingerprint density at radius 1 is 1.25 bits per heavy atom. The van der Waals surface area contributed by atoms with Crippen LogP contribution >= 0.6 is 0 Å².